The van der Waals surface area contributed by atoms with Crippen molar-refractivity contribution in [3.8, 4) is 5.75 Å². The van der Waals surface area contributed by atoms with Gasteiger partial charge in [0, 0.05) is 7.05 Å². The molecule has 0 amide bonds. The van der Waals surface area contributed by atoms with Crippen LogP contribution in [0.3, 0.4) is 0 Å². The molecule has 0 bridgehead atoms. The largest absolute Gasteiger partial charge is 0.487 e. The standard InChI is InChI=1S/C16H20N2O/c1-11-8-9-12(2)16(13(11)3)19-10-14-6-5-7-15(17-4)18-14/h5-9H,10H2,1-4H3,(H,17,18). The van der Waals surface area contributed by atoms with Crippen molar-refractivity contribution < 1.29 is 4.74 Å². The topological polar surface area (TPSA) is 34.1 Å². The maximum atomic E-state index is 5.94. The number of nitrogens with one attached hydrogen (secondary N) is 1. The molecule has 0 saturated heterocycles. The molecule has 1 N–H and O–H groups in total. The van der Waals surface area contributed by atoms with Gasteiger partial charge in [0.05, 0.1) is 5.69 Å². The minimum atomic E-state index is 0.487. The normalized spacial score (nSPS) is 10.3. The van der Waals surface area contributed by atoms with Gasteiger partial charge < -0.3 is 10.1 Å². The lowest BCUT2D eigenvalue weighted by molar-refractivity contribution is 0.297. The molecular weight excluding hydrogens is 236 g/mol. The number of rotatable bonds is 4. The fourth-order valence-corrected chi connectivity index (χ4v) is 1.99. The second kappa shape index (κ2) is 5.74. The first-order valence-electron chi connectivity index (χ1n) is 6.45. The predicted octanol–water partition coefficient (Wildman–Crippen LogP) is 3.63. The van der Waals surface area contributed by atoms with Crippen LogP contribution in [0.25, 0.3) is 0 Å². The van der Waals surface area contributed by atoms with Crippen LogP contribution in [-0.4, -0.2) is 12.0 Å². The molecule has 0 aliphatic rings. The number of aromatic nitrogens is 1. The highest BCUT2D eigenvalue weighted by atomic mass is 16.5. The van der Waals surface area contributed by atoms with E-state index in [1.54, 1.807) is 0 Å². The van der Waals surface area contributed by atoms with Gasteiger partial charge in [-0.15, -0.1) is 0 Å². The molecule has 2 rings (SSSR count). The monoisotopic (exact) mass is 256 g/mol. The van der Waals surface area contributed by atoms with E-state index in [0.29, 0.717) is 6.61 Å². The van der Waals surface area contributed by atoms with E-state index >= 15 is 0 Å². The molecule has 2 aromatic rings. The highest BCUT2D eigenvalue weighted by Gasteiger charge is 2.07. The van der Waals surface area contributed by atoms with Crippen LogP contribution < -0.4 is 10.1 Å². The lowest BCUT2D eigenvalue weighted by Crippen LogP contribution is -2.03. The average Bonchev–Trinajstić information content (AvgIpc) is 2.43. The van der Waals surface area contributed by atoms with Crippen LogP contribution in [0.5, 0.6) is 5.75 Å². The quantitative estimate of drug-likeness (QED) is 0.907. The number of aryl methyl sites for hydroxylation is 2. The van der Waals surface area contributed by atoms with Gasteiger partial charge >= 0.3 is 0 Å². The maximum absolute atomic E-state index is 5.94. The Morgan fingerprint density at radius 3 is 2.53 bits per heavy atom. The van der Waals surface area contributed by atoms with Crippen molar-refractivity contribution in [3.05, 3.63) is 52.7 Å². The molecule has 3 heteroatoms. The van der Waals surface area contributed by atoms with E-state index in [1.165, 1.54) is 11.1 Å². The lowest BCUT2D eigenvalue weighted by atomic mass is 10.1. The molecule has 1 aromatic carbocycles. The molecule has 0 aliphatic carbocycles. The summed E-state index contributed by atoms with van der Waals surface area (Å²) in [4.78, 5) is 4.45. The zero-order valence-electron chi connectivity index (χ0n) is 11.9. The van der Waals surface area contributed by atoms with Crippen LogP contribution >= 0.6 is 0 Å². The van der Waals surface area contributed by atoms with Crippen LogP contribution in [0.2, 0.25) is 0 Å². The van der Waals surface area contributed by atoms with Gasteiger partial charge in [-0.25, -0.2) is 4.98 Å². The van der Waals surface area contributed by atoms with E-state index in [-0.39, 0.29) is 0 Å². The summed E-state index contributed by atoms with van der Waals surface area (Å²) in [6.07, 6.45) is 0. The fraction of sp³-hybridized carbons (Fsp3) is 0.312. The number of nitrogens with zero attached hydrogens (tertiary/aromatic N) is 1. The molecule has 0 saturated carbocycles. The Hall–Kier alpha value is -2.03. The van der Waals surface area contributed by atoms with Crippen molar-refractivity contribution in [2.24, 2.45) is 0 Å². The molecule has 0 spiro atoms. The van der Waals surface area contributed by atoms with Crippen LogP contribution in [0, 0.1) is 20.8 Å². The molecule has 0 atom stereocenters. The number of hydrogen-bond donors (Lipinski definition) is 1. The Morgan fingerprint density at radius 1 is 1.05 bits per heavy atom. The van der Waals surface area contributed by atoms with E-state index in [9.17, 15) is 0 Å². The van der Waals surface area contributed by atoms with Crippen LogP contribution in [-0.2, 0) is 6.61 Å². The molecule has 0 unspecified atom stereocenters. The van der Waals surface area contributed by atoms with Crippen LogP contribution in [0.15, 0.2) is 30.3 Å². The van der Waals surface area contributed by atoms with E-state index in [2.05, 4.69) is 43.2 Å². The molecule has 100 valence electrons. The zero-order valence-corrected chi connectivity index (χ0v) is 11.9. The molecule has 0 aliphatic heterocycles. The lowest BCUT2D eigenvalue weighted by Gasteiger charge is -2.14. The third-order valence-corrected chi connectivity index (χ3v) is 3.30. The highest BCUT2D eigenvalue weighted by Crippen LogP contribution is 2.26. The summed E-state index contributed by atoms with van der Waals surface area (Å²) in [6.45, 7) is 6.75. The van der Waals surface area contributed by atoms with Crippen molar-refractivity contribution in [1.29, 1.82) is 0 Å². The molecule has 19 heavy (non-hydrogen) atoms. The highest BCUT2D eigenvalue weighted by molar-refractivity contribution is 5.44. The summed E-state index contributed by atoms with van der Waals surface area (Å²) in [5.74, 6) is 1.83. The summed E-state index contributed by atoms with van der Waals surface area (Å²) in [7, 11) is 1.86. The molecule has 0 radical (unpaired) electrons. The third kappa shape index (κ3) is 3.05. The molecule has 0 fully saturated rings. The SMILES string of the molecule is CNc1cccc(COc2c(C)ccc(C)c2C)n1. The summed E-state index contributed by atoms with van der Waals surface area (Å²) >= 11 is 0. The smallest absolute Gasteiger partial charge is 0.130 e. The van der Waals surface area contributed by atoms with Gasteiger partial charge in [0.15, 0.2) is 0 Å². The van der Waals surface area contributed by atoms with Gasteiger partial charge in [-0.05, 0) is 49.6 Å². The van der Waals surface area contributed by atoms with Gasteiger partial charge in [0.2, 0.25) is 0 Å². The molecule has 1 aromatic heterocycles. The van der Waals surface area contributed by atoms with Crippen molar-refractivity contribution in [2.75, 3.05) is 12.4 Å². The second-order valence-corrected chi connectivity index (χ2v) is 4.71. The van der Waals surface area contributed by atoms with Crippen molar-refractivity contribution in [1.82, 2.24) is 4.98 Å². The first-order valence-corrected chi connectivity index (χ1v) is 6.45. The van der Waals surface area contributed by atoms with Crippen LogP contribution in [0.4, 0.5) is 5.82 Å². The van der Waals surface area contributed by atoms with Gasteiger partial charge in [-0.1, -0.05) is 18.2 Å². The second-order valence-electron chi connectivity index (χ2n) is 4.71. The van der Waals surface area contributed by atoms with Crippen molar-refractivity contribution in [3.63, 3.8) is 0 Å². The van der Waals surface area contributed by atoms with Crippen molar-refractivity contribution >= 4 is 5.82 Å². The first-order chi connectivity index (χ1) is 9.11. The van der Waals surface area contributed by atoms with E-state index in [4.69, 9.17) is 4.74 Å². The van der Waals surface area contributed by atoms with Crippen LogP contribution in [0.1, 0.15) is 22.4 Å². The maximum Gasteiger partial charge on any atom is 0.130 e. The fourth-order valence-electron chi connectivity index (χ4n) is 1.99. The third-order valence-electron chi connectivity index (χ3n) is 3.30. The van der Waals surface area contributed by atoms with E-state index in [0.717, 1.165) is 22.8 Å². The Morgan fingerprint density at radius 2 is 1.79 bits per heavy atom. The number of hydrogen-bond acceptors (Lipinski definition) is 3. The number of pyridine rings is 1. The number of anilines is 1. The Labute approximate surface area is 114 Å². The summed E-state index contributed by atoms with van der Waals surface area (Å²) in [5, 5.41) is 3.03. The summed E-state index contributed by atoms with van der Waals surface area (Å²) in [6, 6.07) is 10.1. The van der Waals surface area contributed by atoms with Gasteiger partial charge in [0.25, 0.3) is 0 Å². The Bertz CT molecular complexity index is 579. The molecule has 3 nitrogen and oxygen atoms in total. The Kier molecular flexibility index (Phi) is 4.05. The zero-order chi connectivity index (χ0) is 13.8. The van der Waals surface area contributed by atoms with Gasteiger partial charge in [-0.3, -0.25) is 0 Å². The summed E-state index contributed by atoms with van der Waals surface area (Å²) in [5.41, 5.74) is 4.53. The average molecular weight is 256 g/mol. The first kappa shape index (κ1) is 13.4. The summed E-state index contributed by atoms with van der Waals surface area (Å²) < 4.78 is 5.94. The molecule has 1 heterocycles. The minimum absolute atomic E-state index is 0.487. The number of benzene rings is 1. The van der Waals surface area contributed by atoms with Gasteiger partial charge in [-0.2, -0.15) is 0 Å². The van der Waals surface area contributed by atoms with E-state index in [1.807, 2.05) is 25.2 Å². The number of ether oxygens (including phenoxy) is 1. The van der Waals surface area contributed by atoms with E-state index < -0.39 is 0 Å². The predicted molar refractivity (Wildman–Crippen MR) is 78.8 cm³/mol. The van der Waals surface area contributed by atoms with Gasteiger partial charge in [0.1, 0.15) is 18.2 Å². The van der Waals surface area contributed by atoms with Crippen molar-refractivity contribution in [2.45, 2.75) is 27.4 Å². The Balaban J connectivity index is 2.16. The molecular formula is C16H20N2O. The minimum Gasteiger partial charge on any atom is -0.487 e.